The molecule has 1 aliphatic rings. The van der Waals surface area contributed by atoms with Crippen molar-refractivity contribution in [1.29, 1.82) is 0 Å². The maximum absolute atomic E-state index is 12.3. The molecule has 0 saturated carbocycles. The second kappa shape index (κ2) is 9.46. The fourth-order valence-electron chi connectivity index (χ4n) is 3.18. The molecule has 6 heteroatoms. The molecule has 2 aromatic carbocycles. The second-order valence-electron chi connectivity index (χ2n) is 7.03. The molecule has 3 rings (SSSR count). The molecular weight excluding hydrogens is 354 g/mol. The molecule has 1 N–H and O–H groups in total. The van der Waals surface area contributed by atoms with E-state index in [1.807, 2.05) is 32.0 Å². The number of carbonyl (C=O) groups excluding carboxylic acids is 1. The number of piperazine rings is 1. The van der Waals surface area contributed by atoms with Crippen LogP contribution < -0.4 is 19.7 Å². The number of hydrogen-bond donors (Lipinski definition) is 1. The van der Waals surface area contributed by atoms with Crippen LogP contribution in [0.4, 0.5) is 11.4 Å². The van der Waals surface area contributed by atoms with Crippen molar-refractivity contribution >= 4 is 17.3 Å². The number of rotatable bonds is 7. The normalized spacial score (nSPS) is 14.6. The van der Waals surface area contributed by atoms with Crippen LogP contribution in [-0.2, 0) is 4.79 Å². The molecule has 1 saturated heterocycles. The van der Waals surface area contributed by atoms with Crippen LogP contribution in [0, 0.1) is 6.92 Å². The van der Waals surface area contributed by atoms with E-state index in [1.165, 1.54) is 5.69 Å². The van der Waals surface area contributed by atoms with Crippen LogP contribution in [-0.4, -0.2) is 57.2 Å². The van der Waals surface area contributed by atoms with Crippen molar-refractivity contribution in [2.75, 3.05) is 56.7 Å². The monoisotopic (exact) mass is 383 g/mol. The second-order valence-corrected chi connectivity index (χ2v) is 7.03. The number of amides is 1. The predicted octanol–water partition coefficient (Wildman–Crippen LogP) is 3.16. The molecule has 0 aromatic heterocycles. The van der Waals surface area contributed by atoms with Crippen LogP contribution in [0.15, 0.2) is 42.5 Å². The first-order chi connectivity index (χ1) is 13.5. The van der Waals surface area contributed by atoms with Gasteiger partial charge in [0.15, 0.2) is 6.61 Å². The Morgan fingerprint density at radius 2 is 1.64 bits per heavy atom. The van der Waals surface area contributed by atoms with E-state index >= 15 is 0 Å². The molecule has 28 heavy (non-hydrogen) atoms. The molecular formula is C22H29N3O3. The Bertz CT molecular complexity index is 784. The lowest BCUT2D eigenvalue weighted by Crippen LogP contribution is -2.44. The highest BCUT2D eigenvalue weighted by molar-refractivity contribution is 5.92. The Kier molecular flexibility index (Phi) is 6.76. The Morgan fingerprint density at radius 3 is 2.25 bits per heavy atom. The van der Waals surface area contributed by atoms with E-state index in [-0.39, 0.29) is 12.5 Å². The maximum atomic E-state index is 12.3. The molecule has 1 aliphatic heterocycles. The summed E-state index contributed by atoms with van der Waals surface area (Å²) in [7, 11) is 2.15. The van der Waals surface area contributed by atoms with E-state index in [2.05, 4.69) is 34.3 Å². The number of likely N-dealkylation sites (N-methyl/N-ethyl adjacent to an activating group) is 1. The van der Waals surface area contributed by atoms with E-state index in [9.17, 15) is 4.79 Å². The average Bonchev–Trinajstić information content (AvgIpc) is 2.70. The summed E-state index contributed by atoms with van der Waals surface area (Å²) in [5.74, 6) is 1.25. The third-order valence-corrected chi connectivity index (χ3v) is 4.86. The predicted molar refractivity (Wildman–Crippen MR) is 113 cm³/mol. The Labute approximate surface area is 167 Å². The SMILES string of the molecule is CCOc1ccc(OCC(=O)Nc2ccc(N3CCN(C)CC3)cc2C)cc1. The molecule has 6 nitrogen and oxygen atoms in total. The molecule has 0 bridgehead atoms. The Balaban J connectivity index is 1.52. The minimum atomic E-state index is -0.177. The van der Waals surface area contributed by atoms with Gasteiger partial charge in [0.05, 0.1) is 6.61 Å². The van der Waals surface area contributed by atoms with Crippen LogP contribution in [0.1, 0.15) is 12.5 Å². The molecule has 0 aliphatic carbocycles. The van der Waals surface area contributed by atoms with Crippen LogP contribution in [0.5, 0.6) is 11.5 Å². The third-order valence-electron chi connectivity index (χ3n) is 4.86. The molecule has 2 aromatic rings. The average molecular weight is 383 g/mol. The lowest BCUT2D eigenvalue weighted by molar-refractivity contribution is -0.118. The van der Waals surface area contributed by atoms with Gasteiger partial charge < -0.3 is 24.6 Å². The Hall–Kier alpha value is -2.73. The summed E-state index contributed by atoms with van der Waals surface area (Å²) < 4.78 is 11.0. The minimum Gasteiger partial charge on any atom is -0.494 e. The first-order valence-electron chi connectivity index (χ1n) is 9.75. The van der Waals surface area contributed by atoms with Crippen LogP contribution in [0.25, 0.3) is 0 Å². The highest BCUT2D eigenvalue weighted by Gasteiger charge is 2.15. The van der Waals surface area contributed by atoms with Crippen LogP contribution >= 0.6 is 0 Å². The van der Waals surface area contributed by atoms with E-state index in [4.69, 9.17) is 9.47 Å². The number of aryl methyl sites for hydroxylation is 1. The van der Waals surface area contributed by atoms with Gasteiger partial charge >= 0.3 is 0 Å². The number of nitrogens with one attached hydrogen (secondary N) is 1. The molecule has 0 spiro atoms. The third kappa shape index (κ3) is 5.39. The summed E-state index contributed by atoms with van der Waals surface area (Å²) in [6.07, 6.45) is 0. The standard InChI is InChI=1S/C22H29N3O3/c1-4-27-19-6-8-20(9-7-19)28-16-22(26)23-21-10-5-18(15-17(21)2)25-13-11-24(3)12-14-25/h5-10,15H,4,11-14,16H2,1-3H3,(H,23,26). The quantitative estimate of drug-likeness (QED) is 0.796. The smallest absolute Gasteiger partial charge is 0.262 e. The molecule has 1 amide bonds. The van der Waals surface area contributed by atoms with Crippen molar-refractivity contribution in [2.24, 2.45) is 0 Å². The fraction of sp³-hybridized carbons (Fsp3) is 0.409. The topological polar surface area (TPSA) is 54.0 Å². The van der Waals surface area contributed by atoms with Gasteiger partial charge in [0.1, 0.15) is 11.5 Å². The van der Waals surface area contributed by atoms with Crippen molar-refractivity contribution < 1.29 is 14.3 Å². The molecule has 0 atom stereocenters. The fourth-order valence-corrected chi connectivity index (χ4v) is 3.18. The van der Waals surface area contributed by atoms with Gasteiger partial charge in [-0.05, 0) is 68.9 Å². The van der Waals surface area contributed by atoms with E-state index < -0.39 is 0 Å². The zero-order valence-corrected chi connectivity index (χ0v) is 16.9. The number of nitrogens with zero attached hydrogens (tertiary/aromatic N) is 2. The highest BCUT2D eigenvalue weighted by atomic mass is 16.5. The number of carbonyl (C=O) groups is 1. The van der Waals surface area contributed by atoms with Gasteiger partial charge in [-0.2, -0.15) is 0 Å². The van der Waals surface area contributed by atoms with Crippen LogP contribution in [0.2, 0.25) is 0 Å². The first-order valence-corrected chi connectivity index (χ1v) is 9.75. The number of benzene rings is 2. The molecule has 1 fully saturated rings. The van der Waals surface area contributed by atoms with Crippen LogP contribution in [0.3, 0.4) is 0 Å². The molecule has 150 valence electrons. The largest absolute Gasteiger partial charge is 0.494 e. The summed E-state index contributed by atoms with van der Waals surface area (Å²) in [5.41, 5.74) is 3.07. The van der Waals surface area contributed by atoms with Gasteiger partial charge in [-0.3, -0.25) is 4.79 Å². The molecule has 0 unspecified atom stereocenters. The minimum absolute atomic E-state index is 0.0341. The summed E-state index contributed by atoms with van der Waals surface area (Å²) in [4.78, 5) is 17.0. The zero-order chi connectivity index (χ0) is 19.9. The lowest BCUT2D eigenvalue weighted by atomic mass is 10.1. The van der Waals surface area contributed by atoms with Gasteiger partial charge in [-0.25, -0.2) is 0 Å². The summed E-state index contributed by atoms with van der Waals surface area (Å²) in [6, 6.07) is 13.4. The van der Waals surface area contributed by atoms with E-state index in [0.717, 1.165) is 43.2 Å². The maximum Gasteiger partial charge on any atom is 0.262 e. The van der Waals surface area contributed by atoms with Crippen molar-refractivity contribution in [1.82, 2.24) is 4.90 Å². The van der Waals surface area contributed by atoms with Gasteiger partial charge in [-0.1, -0.05) is 0 Å². The zero-order valence-electron chi connectivity index (χ0n) is 16.9. The first kappa shape index (κ1) is 20.0. The van der Waals surface area contributed by atoms with Gasteiger partial charge in [0.25, 0.3) is 5.91 Å². The Morgan fingerprint density at radius 1 is 1.00 bits per heavy atom. The highest BCUT2D eigenvalue weighted by Crippen LogP contribution is 2.24. The number of ether oxygens (including phenoxy) is 2. The van der Waals surface area contributed by atoms with E-state index in [1.54, 1.807) is 12.1 Å². The van der Waals surface area contributed by atoms with Crippen molar-refractivity contribution in [3.05, 3.63) is 48.0 Å². The van der Waals surface area contributed by atoms with Crippen molar-refractivity contribution in [3.8, 4) is 11.5 Å². The number of anilines is 2. The number of hydrogen-bond acceptors (Lipinski definition) is 5. The lowest BCUT2D eigenvalue weighted by Gasteiger charge is -2.34. The van der Waals surface area contributed by atoms with E-state index in [0.29, 0.717) is 12.4 Å². The molecule has 0 radical (unpaired) electrons. The summed E-state index contributed by atoms with van der Waals surface area (Å²) in [5, 5.41) is 2.93. The summed E-state index contributed by atoms with van der Waals surface area (Å²) >= 11 is 0. The van der Waals surface area contributed by atoms with Crippen molar-refractivity contribution in [3.63, 3.8) is 0 Å². The molecule has 1 heterocycles. The van der Waals surface area contributed by atoms with Crippen molar-refractivity contribution in [2.45, 2.75) is 13.8 Å². The van der Waals surface area contributed by atoms with Gasteiger partial charge in [0, 0.05) is 37.6 Å². The van der Waals surface area contributed by atoms with Gasteiger partial charge in [-0.15, -0.1) is 0 Å². The summed E-state index contributed by atoms with van der Waals surface area (Å²) in [6.45, 7) is 8.73. The van der Waals surface area contributed by atoms with Gasteiger partial charge in [0.2, 0.25) is 0 Å².